The van der Waals surface area contributed by atoms with Gasteiger partial charge in [-0.15, -0.1) is 0 Å². The molecule has 0 aliphatic carbocycles. The number of phenols is 1. The predicted octanol–water partition coefficient (Wildman–Crippen LogP) is 6.03. The molecular weight excluding hydrogens is 412 g/mol. The number of aliphatic hydroxyl groups is 2. The van der Waals surface area contributed by atoms with E-state index >= 15 is 0 Å². The van der Waals surface area contributed by atoms with E-state index in [1.54, 1.807) is 12.1 Å². The summed E-state index contributed by atoms with van der Waals surface area (Å²) in [6.07, 6.45) is 5.03. The van der Waals surface area contributed by atoms with Crippen LogP contribution in [0.15, 0.2) is 96.1 Å². The SMILES string of the molecule is C=C(COc1ccccc1)/C(=C/CO)C(O)CC/C(=C/c1ccc(O)c2ccccc12)CC. The Morgan fingerprint density at radius 1 is 1.00 bits per heavy atom. The van der Waals surface area contributed by atoms with Crippen LogP contribution in [0.25, 0.3) is 16.8 Å². The highest BCUT2D eigenvalue weighted by Crippen LogP contribution is 2.30. The quantitative estimate of drug-likeness (QED) is 0.316. The molecule has 0 spiro atoms. The summed E-state index contributed by atoms with van der Waals surface area (Å²) in [6.45, 7) is 6.22. The molecule has 3 aromatic rings. The Balaban J connectivity index is 1.69. The molecule has 0 bridgehead atoms. The van der Waals surface area contributed by atoms with E-state index in [2.05, 4.69) is 19.6 Å². The lowest BCUT2D eigenvalue weighted by Gasteiger charge is -2.19. The minimum absolute atomic E-state index is 0.174. The van der Waals surface area contributed by atoms with E-state index < -0.39 is 6.10 Å². The Kier molecular flexibility index (Phi) is 8.87. The zero-order chi connectivity index (χ0) is 23.6. The van der Waals surface area contributed by atoms with E-state index in [1.165, 1.54) is 5.57 Å². The maximum atomic E-state index is 10.9. The number of hydrogen-bond donors (Lipinski definition) is 3. The molecule has 1 unspecified atom stereocenters. The number of phenolic OH excluding ortho intramolecular Hbond substituents is 1. The molecule has 0 aliphatic heterocycles. The van der Waals surface area contributed by atoms with Gasteiger partial charge in [-0.25, -0.2) is 0 Å². The van der Waals surface area contributed by atoms with Gasteiger partial charge in [0.05, 0.1) is 12.7 Å². The largest absolute Gasteiger partial charge is 0.507 e. The van der Waals surface area contributed by atoms with Gasteiger partial charge >= 0.3 is 0 Å². The van der Waals surface area contributed by atoms with Gasteiger partial charge in [-0.1, -0.05) is 79.8 Å². The Hall–Kier alpha value is -3.34. The molecule has 0 aromatic heterocycles. The molecule has 0 radical (unpaired) electrons. The highest BCUT2D eigenvalue weighted by atomic mass is 16.5. The van der Waals surface area contributed by atoms with Crippen LogP contribution in [0.3, 0.4) is 0 Å². The summed E-state index contributed by atoms with van der Waals surface area (Å²) in [7, 11) is 0. The van der Waals surface area contributed by atoms with Crippen LogP contribution in [-0.4, -0.2) is 34.6 Å². The first kappa shape index (κ1) is 24.3. The lowest BCUT2D eigenvalue weighted by molar-refractivity contribution is 0.198. The molecule has 0 aliphatic rings. The first-order valence-corrected chi connectivity index (χ1v) is 11.3. The summed E-state index contributed by atoms with van der Waals surface area (Å²) in [6, 6.07) is 20.9. The van der Waals surface area contributed by atoms with Crippen molar-refractivity contribution in [1.29, 1.82) is 0 Å². The average molecular weight is 445 g/mol. The monoisotopic (exact) mass is 444 g/mol. The fraction of sp³-hybridized carbons (Fsp3) is 0.241. The van der Waals surface area contributed by atoms with Gasteiger partial charge in [0.2, 0.25) is 0 Å². The predicted molar refractivity (Wildman–Crippen MR) is 135 cm³/mol. The third-order valence-corrected chi connectivity index (χ3v) is 5.72. The Morgan fingerprint density at radius 2 is 1.70 bits per heavy atom. The van der Waals surface area contributed by atoms with Gasteiger partial charge in [0.1, 0.15) is 18.1 Å². The fourth-order valence-corrected chi connectivity index (χ4v) is 3.87. The van der Waals surface area contributed by atoms with Crippen LogP contribution in [0, 0.1) is 0 Å². The first-order valence-electron chi connectivity index (χ1n) is 11.3. The standard InChI is InChI=1S/C29H32O4/c1-3-22(19-23-14-16-29(32)27-12-8-7-11-26(23)27)13-15-28(31)25(17-18-30)21(2)20-33-24-9-5-4-6-10-24/h4-12,14,16-17,19,28,30-32H,2-3,13,15,18,20H2,1H3/b22-19+,25-17-. The summed E-state index contributed by atoms with van der Waals surface area (Å²) in [5.41, 5.74) is 3.49. The lowest BCUT2D eigenvalue weighted by Crippen LogP contribution is -2.16. The van der Waals surface area contributed by atoms with Crippen molar-refractivity contribution in [2.24, 2.45) is 0 Å². The average Bonchev–Trinajstić information content (AvgIpc) is 2.85. The molecule has 0 amide bonds. The first-order chi connectivity index (χ1) is 16.0. The van der Waals surface area contributed by atoms with E-state index in [9.17, 15) is 15.3 Å². The van der Waals surface area contributed by atoms with Crippen LogP contribution in [0.2, 0.25) is 0 Å². The van der Waals surface area contributed by atoms with E-state index in [0.29, 0.717) is 24.0 Å². The van der Waals surface area contributed by atoms with E-state index in [-0.39, 0.29) is 19.0 Å². The number of para-hydroxylation sites is 1. The number of rotatable bonds is 11. The molecule has 0 saturated heterocycles. The van der Waals surface area contributed by atoms with Crippen LogP contribution in [0.4, 0.5) is 0 Å². The molecule has 33 heavy (non-hydrogen) atoms. The van der Waals surface area contributed by atoms with Gasteiger partial charge in [-0.2, -0.15) is 0 Å². The topological polar surface area (TPSA) is 69.9 Å². The second-order valence-corrected chi connectivity index (χ2v) is 7.98. The minimum atomic E-state index is -0.754. The number of fused-ring (bicyclic) bond motifs is 1. The van der Waals surface area contributed by atoms with Crippen molar-refractivity contribution >= 4 is 16.8 Å². The van der Waals surface area contributed by atoms with Crippen LogP contribution >= 0.6 is 0 Å². The number of benzene rings is 3. The van der Waals surface area contributed by atoms with E-state index in [1.807, 2.05) is 60.7 Å². The minimum Gasteiger partial charge on any atom is -0.507 e. The van der Waals surface area contributed by atoms with Crippen molar-refractivity contribution in [1.82, 2.24) is 0 Å². The lowest BCUT2D eigenvalue weighted by atomic mass is 9.94. The fourth-order valence-electron chi connectivity index (χ4n) is 3.87. The van der Waals surface area contributed by atoms with Gasteiger partial charge < -0.3 is 20.1 Å². The van der Waals surface area contributed by atoms with Gasteiger partial charge in [0, 0.05) is 5.39 Å². The van der Waals surface area contributed by atoms with Gasteiger partial charge in [-0.3, -0.25) is 0 Å². The molecule has 3 N–H and O–H groups in total. The van der Waals surface area contributed by atoms with Crippen LogP contribution in [0.1, 0.15) is 31.7 Å². The Morgan fingerprint density at radius 3 is 2.39 bits per heavy atom. The zero-order valence-corrected chi connectivity index (χ0v) is 19.1. The number of allylic oxidation sites excluding steroid dienone is 1. The number of aliphatic hydroxyl groups excluding tert-OH is 2. The number of ether oxygens (including phenoxy) is 1. The van der Waals surface area contributed by atoms with Crippen molar-refractivity contribution in [3.05, 3.63) is 102 Å². The highest BCUT2D eigenvalue weighted by Gasteiger charge is 2.15. The van der Waals surface area contributed by atoms with Crippen LogP contribution in [-0.2, 0) is 0 Å². The van der Waals surface area contributed by atoms with E-state index in [4.69, 9.17) is 4.74 Å². The smallest absolute Gasteiger partial charge is 0.123 e. The van der Waals surface area contributed by atoms with Crippen molar-refractivity contribution in [3.63, 3.8) is 0 Å². The maximum Gasteiger partial charge on any atom is 0.123 e. The summed E-state index contributed by atoms with van der Waals surface area (Å²) in [4.78, 5) is 0. The third-order valence-electron chi connectivity index (χ3n) is 5.72. The van der Waals surface area contributed by atoms with Gasteiger partial charge in [0.25, 0.3) is 0 Å². The zero-order valence-electron chi connectivity index (χ0n) is 19.1. The summed E-state index contributed by atoms with van der Waals surface area (Å²) in [5.74, 6) is 1.00. The molecule has 0 heterocycles. The van der Waals surface area contributed by atoms with E-state index in [0.717, 1.165) is 28.5 Å². The highest BCUT2D eigenvalue weighted by molar-refractivity contribution is 5.94. The van der Waals surface area contributed by atoms with Gasteiger partial charge in [-0.05, 0) is 59.6 Å². The summed E-state index contributed by atoms with van der Waals surface area (Å²) in [5, 5.41) is 32.3. The molecule has 0 fully saturated rings. The van der Waals surface area contributed by atoms with Crippen molar-refractivity contribution < 1.29 is 20.1 Å². The van der Waals surface area contributed by atoms with Crippen molar-refractivity contribution in [3.8, 4) is 11.5 Å². The second-order valence-electron chi connectivity index (χ2n) is 7.98. The van der Waals surface area contributed by atoms with Gasteiger partial charge in [0.15, 0.2) is 0 Å². The second kappa shape index (κ2) is 12.0. The number of hydrogen-bond acceptors (Lipinski definition) is 4. The molecule has 4 nitrogen and oxygen atoms in total. The maximum absolute atomic E-state index is 10.9. The van der Waals surface area contributed by atoms with Crippen molar-refractivity contribution in [2.45, 2.75) is 32.3 Å². The molecule has 0 saturated carbocycles. The molecule has 1 atom stereocenters. The Bertz CT molecular complexity index is 1130. The number of aromatic hydroxyl groups is 1. The summed E-state index contributed by atoms with van der Waals surface area (Å²) < 4.78 is 5.76. The molecule has 172 valence electrons. The molecular formula is C29H32O4. The normalized spacial score (nSPS) is 13.2. The molecule has 3 rings (SSSR count). The Labute approximate surface area is 195 Å². The van der Waals surface area contributed by atoms with Crippen molar-refractivity contribution in [2.75, 3.05) is 13.2 Å². The summed E-state index contributed by atoms with van der Waals surface area (Å²) >= 11 is 0. The van der Waals surface area contributed by atoms with Crippen LogP contribution in [0.5, 0.6) is 11.5 Å². The molecule has 4 heteroatoms. The molecule has 3 aromatic carbocycles. The van der Waals surface area contributed by atoms with Crippen LogP contribution < -0.4 is 4.74 Å². The third kappa shape index (κ3) is 6.58.